The third kappa shape index (κ3) is 5.17. The minimum Gasteiger partial charge on any atom is -0.378 e. The van der Waals surface area contributed by atoms with Crippen molar-refractivity contribution in [2.75, 3.05) is 6.61 Å². The fourth-order valence-corrected chi connectivity index (χ4v) is 1.77. The lowest BCUT2D eigenvalue weighted by Crippen LogP contribution is -2.24. The van der Waals surface area contributed by atoms with Crippen LogP contribution in [-0.2, 0) is 16.1 Å². The van der Waals surface area contributed by atoms with Gasteiger partial charge >= 0.3 is 0 Å². The van der Waals surface area contributed by atoms with Crippen LogP contribution in [0.5, 0.6) is 0 Å². The molecule has 116 valence electrons. The van der Waals surface area contributed by atoms with Crippen LogP contribution in [-0.4, -0.2) is 39.0 Å². The molecule has 1 N–H and O–H groups in total. The zero-order chi connectivity index (χ0) is 15.8. The van der Waals surface area contributed by atoms with Crippen molar-refractivity contribution in [1.29, 1.82) is 0 Å². The summed E-state index contributed by atoms with van der Waals surface area (Å²) in [6.07, 6.45) is 1.80. The van der Waals surface area contributed by atoms with Gasteiger partial charge in [-0.15, -0.1) is 20.4 Å². The molecule has 0 bridgehead atoms. The summed E-state index contributed by atoms with van der Waals surface area (Å²) in [5, 5.41) is 18.0. The van der Waals surface area contributed by atoms with E-state index in [1.165, 1.54) is 6.33 Å². The lowest BCUT2D eigenvalue weighted by atomic mass is 10.1. The minimum absolute atomic E-state index is 0.0236. The first-order chi connectivity index (χ1) is 10.6. The molecule has 0 unspecified atom stereocenters. The second kappa shape index (κ2) is 8.14. The number of nitrogens with one attached hydrogen (secondary N) is 1. The maximum atomic E-state index is 11.7. The van der Waals surface area contributed by atoms with Crippen molar-refractivity contribution in [2.45, 2.75) is 32.9 Å². The van der Waals surface area contributed by atoms with E-state index >= 15 is 0 Å². The van der Waals surface area contributed by atoms with E-state index in [1.807, 2.05) is 38.1 Å². The first-order valence-electron chi connectivity index (χ1n) is 7.13. The van der Waals surface area contributed by atoms with E-state index in [1.54, 1.807) is 0 Å². The van der Waals surface area contributed by atoms with Crippen LogP contribution < -0.4 is 5.32 Å². The number of aromatic nitrogens is 4. The molecule has 0 fully saturated rings. The van der Waals surface area contributed by atoms with Gasteiger partial charge in [0, 0.05) is 18.5 Å². The summed E-state index contributed by atoms with van der Waals surface area (Å²) < 4.78 is 5.34. The van der Waals surface area contributed by atoms with Gasteiger partial charge in [0.1, 0.15) is 0 Å². The Hall–Kier alpha value is -2.41. The summed E-state index contributed by atoms with van der Waals surface area (Å²) in [6, 6.07) is 7.58. The summed E-state index contributed by atoms with van der Waals surface area (Å²) >= 11 is 0. The van der Waals surface area contributed by atoms with Crippen molar-refractivity contribution < 1.29 is 9.53 Å². The van der Waals surface area contributed by atoms with E-state index in [4.69, 9.17) is 4.74 Å². The Morgan fingerprint density at radius 1 is 1.18 bits per heavy atom. The van der Waals surface area contributed by atoms with E-state index in [2.05, 4.69) is 25.7 Å². The molecule has 7 heteroatoms. The summed E-state index contributed by atoms with van der Waals surface area (Å²) in [5.41, 5.74) is 1.83. The van der Waals surface area contributed by atoms with Gasteiger partial charge in [-0.1, -0.05) is 24.3 Å². The van der Waals surface area contributed by atoms with E-state index in [0.717, 1.165) is 11.1 Å². The summed E-state index contributed by atoms with van der Waals surface area (Å²) in [5.74, 6) is 0.452. The SMILES string of the molecule is CC(C)OCCC(=O)NCc1ccc(-c2nncnn2)cc1. The summed E-state index contributed by atoms with van der Waals surface area (Å²) in [7, 11) is 0. The number of hydrogen-bond donors (Lipinski definition) is 1. The van der Waals surface area contributed by atoms with Gasteiger partial charge in [0.2, 0.25) is 11.7 Å². The summed E-state index contributed by atoms with van der Waals surface area (Å²) in [6.45, 7) is 4.81. The Morgan fingerprint density at radius 3 is 2.50 bits per heavy atom. The molecule has 0 atom stereocenters. The molecular weight excluding hydrogens is 282 g/mol. The summed E-state index contributed by atoms with van der Waals surface area (Å²) in [4.78, 5) is 11.7. The average molecular weight is 301 g/mol. The molecule has 0 aliphatic carbocycles. The molecule has 0 spiro atoms. The van der Waals surface area contributed by atoms with E-state index < -0.39 is 0 Å². The maximum absolute atomic E-state index is 11.7. The molecule has 1 heterocycles. The Labute approximate surface area is 129 Å². The molecular formula is C15H19N5O2. The van der Waals surface area contributed by atoms with Crippen molar-refractivity contribution in [1.82, 2.24) is 25.7 Å². The van der Waals surface area contributed by atoms with Crippen LogP contribution in [0.15, 0.2) is 30.6 Å². The van der Waals surface area contributed by atoms with E-state index in [0.29, 0.717) is 25.4 Å². The molecule has 0 aliphatic heterocycles. The standard InChI is InChI=1S/C15H19N5O2/c1-11(2)22-8-7-14(21)16-9-12-3-5-13(6-4-12)15-19-17-10-18-20-15/h3-6,10-11H,7-9H2,1-2H3,(H,16,21). The highest BCUT2D eigenvalue weighted by Crippen LogP contribution is 2.13. The quantitative estimate of drug-likeness (QED) is 0.830. The number of rotatable bonds is 7. The monoisotopic (exact) mass is 301 g/mol. The van der Waals surface area contributed by atoms with Gasteiger partial charge in [-0.05, 0) is 19.4 Å². The van der Waals surface area contributed by atoms with Crippen molar-refractivity contribution in [3.8, 4) is 11.4 Å². The lowest BCUT2D eigenvalue weighted by molar-refractivity contribution is -0.122. The van der Waals surface area contributed by atoms with Crippen molar-refractivity contribution >= 4 is 5.91 Å². The van der Waals surface area contributed by atoms with Crippen molar-refractivity contribution in [3.05, 3.63) is 36.2 Å². The fourth-order valence-electron chi connectivity index (χ4n) is 1.77. The second-order valence-electron chi connectivity index (χ2n) is 5.01. The third-order valence-electron chi connectivity index (χ3n) is 2.89. The Morgan fingerprint density at radius 2 is 1.86 bits per heavy atom. The van der Waals surface area contributed by atoms with Gasteiger partial charge in [-0.2, -0.15) is 0 Å². The van der Waals surface area contributed by atoms with Crippen molar-refractivity contribution in [3.63, 3.8) is 0 Å². The smallest absolute Gasteiger partial charge is 0.222 e. The van der Waals surface area contributed by atoms with E-state index in [-0.39, 0.29) is 12.0 Å². The first-order valence-corrected chi connectivity index (χ1v) is 7.13. The van der Waals surface area contributed by atoms with Crippen molar-refractivity contribution in [2.24, 2.45) is 0 Å². The molecule has 2 rings (SSSR count). The maximum Gasteiger partial charge on any atom is 0.222 e. The lowest BCUT2D eigenvalue weighted by Gasteiger charge is -2.08. The molecule has 1 amide bonds. The number of ether oxygens (including phenoxy) is 1. The molecule has 0 radical (unpaired) electrons. The molecule has 0 saturated carbocycles. The largest absolute Gasteiger partial charge is 0.378 e. The minimum atomic E-state index is -0.0236. The highest BCUT2D eigenvalue weighted by atomic mass is 16.5. The van der Waals surface area contributed by atoms with Crippen LogP contribution in [0.4, 0.5) is 0 Å². The van der Waals surface area contributed by atoms with Crippen LogP contribution in [0.3, 0.4) is 0 Å². The number of benzene rings is 1. The molecule has 1 aromatic heterocycles. The number of hydrogen-bond acceptors (Lipinski definition) is 6. The Balaban J connectivity index is 1.80. The normalized spacial score (nSPS) is 10.7. The van der Waals surface area contributed by atoms with Gasteiger partial charge in [0.05, 0.1) is 12.7 Å². The molecule has 22 heavy (non-hydrogen) atoms. The number of carbonyl (C=O) groups is 1. The third-order valence-corrected chi connectivity index (χ3v) is 2.89. The first kappa shape index (κ1) is 16.0. The van der Waals surface area contributed by atoms with E-state index in [9.17, 15) is 4.79 Å². The Kier molecular flexibility index (Phi) is 5.91. The van der Waals surface area contributed by atoms with Crippen LogP contribution in [0, 0.1) is 0 Å². The highest BCUT2D eigenvalue weighted by Gasteiger charge is 2.04. The predicted molar refractivity (Wildman–Crippen MR) is 80.6 cm³/mol. The van der Waals surface area contributed by atoms with Crippen LogP contribution in [0.1, 0.15) is 25.8 Å². The van der Waals surface area contributed by atoms with Gasteiger partial charge in [-0.3, -0.25) is 4.79 Å². The molecule has 0 aliphatic rings. The molecule has 2 aromatic rings. The predicted octanol–water partition coefficient (Wildman–Crippen LogP) is 1.36. The number of carbonyl (C=O) groups excluding carboxylic acids is 1. The van der Waals surface area contributed by atoms with Gasteiger partial charge < -0.3 is 10.1 Å². The zero-order valence-electron chi connectivity index (χ0n) is 12.7. The van der Waals surface area contributed by atoms with Gasteiger partial charge in [-0.25, -0.2) is 0 Å². The van der Waals surface area contributed by atoms with Crippen LogP contribution in [0.25, 0.3) is 11.4 Å². The molecule has 0 saturated heterocycles. The Bertz CT molecular complexity index is 587. The molecule has 1 aromatic carbocycles. The number of nitrogens with zero attached hydrogens (tertiary/aromatic N) is 4. The number of amides is 1. The topological polar surface area (TPSA) is 89.9 Å². The fraction of sp³-hybridized carbons (Fsp3) is 0.400. The average Bonchev–Trinajstić information content (AvgIpc) is 2.54. The van der Waals surface area contributed by atoms with Gasteiger partial charge in [0.15, 0.2) is 6.33 Å². The highest BCUT2D eigenvalue weighted by molar-refractivity contribution is 5.75. The zero-order valence-corrected chi connectivity index (χ0v) is 12.7. The molecule has 7 nitrogen and oxygen atoms in total. The van der Waals surface area contributed by atoms with Crippen LogP contribution >= 0.6 is 0 Å². The van der Waals surface area contributed by atoms with Gasteiger partial charge in [0.25, 0.3) is 0 Å². The van der Waals surface area contributed by atoms with Crippen LogP contribution in [0.2, 0.25) is 0 Å². The second-order valence-corrected chi connectivity index (χ2v) is 5.01.